The van der Waals surface area contributed by atoms with Gasteiger partial charge in [-0.25, -0.2) is 0 Å². The minimum absolute atomic E-state index is 0.0104. The van der Waals surface area contributed by atoms with Crippen molar-refractivity contribution >= 4 is 27.8 Å². The molecular weight excluding hydrogens is 280 g/mol. The summed E-state index contributed by atoms with van der Waals surface area (Å²) in [5.41, 5.74) is 8.81. The van der Waals surface area contributed by atoms with Crippen LogP contribution in [0.3, 0.4) is 0 Å². The molecule has 0 aromatic carbocycles. The van der Waals surface area contributed by atoms with Gasteiger partial charge in [0.05, 0.1) is 15.6 Å². The third-order valence-corrected chi connectivity index (χ3v) is 6.24. The molecule has 1 heterocycles. The van der Waals surface area contributed by atoms with Crippen LogP contribution in [0.25, 0.3) is 0 Å². The van der Waals surface area contributed by atoms with Crippen molar-refractivity contribution in [2.24, 2.45) is 11.3 Å². The van der Waals surface area contributed by atoms with Gasteiger partial charge in [-0.3, -0.25) is 4.79 Å². The molecule has 0 atom stereocenters. The summed E-state index contributed by atoms with van der Waals surface area (Å²) >= 11 is 1.58. The predicted octanol–water partition coefficient (Wildman–Crippen LogP) is 4.65. The van der Waals surface area contributed by atoms with Gasteiger partial charge in [-0.05, 0) is 43.4 Å². The lowest BCUT2D eigenvalue weighted by Gasteiger charge is -2.14. The second-order valence-corrected chi connectivity index (χ2v) is 8.11. The van der Waals surface area contributed by atoms with Crippen LogP contribution in [0, 0.1) is 11.3 Å². The third-order valence-electron chi connectivity index (χ3n) is 5.05. The molecule has 4 heteroatoms. The van der Waals surface area contributed by atoms with E-state index in [-0.39, 0.29) is 11.7 Å². The number of hydrogen-bond donors (Lipinski definition) is 2. The van der Waals surface area contributed by atoms with Crippen molar-refractivity contribution in [3.8, 4) is 0 Å². The number of hydrogen-bond acceptors (Lipinski definition) is 4. The Kier molecular flexibility index (Phi) is 3.76. The van der Waals surface area contributed by atoms with Gasteiger partial charge >= 0.3 is 0 Å². The molecule has 0 amide bonds. The second kappa shape index (κ2) is 5.31. The molecule has 0 bridgehead atoms. The Balaban J connectivity index is 1.84. The molecule has 3 rings (SSSR count). The van der Waals surface area contributed by atoms with Crippen LogP contribution in [0.15, 0.2) is 0 Å². The molecule has 116 valence electrons. The summed E-state index contributed by atoms with van der Waals surface area (Å²) in [6, 6.07) is 0. The molecule has 21 heavy (non-hydrogen) atoms. The fourth-order valence-corrected chi connectivity index (χ4v) is 4.20. The van der Waals surface area contributed by atoms with Crippen molar-refractivity contribution in [1.29, 1.82) is 0 Å². The van der Waals surface area contributed by atoms with Gasteiger partial charge in [0.15, 0.2) is 5.78 Å². The Hall–Kier alpha value is -1.03. The van der Waals surface area contributed by atoms with Crippen molar-refractivity contribution < 1.29 is 4.79 Å². The summed E-state index contributed by atoms with van der Waals surface area (Å²) < 4.78 is 0. The molecule has 0 radical (unpaired) electrons. The lowest BCUT2D eigenvalue weighted by molar-refractivity contribution is 0.0944. The standard InChI is InChI=1S/C17H26N2OS/c1-4-17(7-8-17)9-19-16-12(11-5-6-11)13(18)15(21-16)14(20)10(2)3/h10-11,19H,4-9,18H2,1-3H3. The monoisotopic (exact) mass is 306 g/mol. The van der Waals surface area contributed by atoms with Gasteiger partial charge in [-0.1, -0.05) is 20.8 Å². The summed E-state index contributed by atoms with van der Waals surface area (Å²) in [7, 11) is 0. The van der Waals surface area contributed by atoms with Gasteiger partial charge in [0.25, 0.3) is 0 Å². The molecule has 3 N–H and O–H groups in total. The van der Waals surface area contributed by atoms with Gasteiger partial charge in [-0.15, -0.1) is 11.3 Å². The zero-order chi connectivity index (χ0) is 15.2. The van der Waals surface area contributed by atoms with E-state index in [2.05, 4.69) is 12.2 Å². The number of Topliss-reactive ketones (excluding diaryl/α,β-unsaturated/α-hetero) is 1. The quantitative estimate of drug-likeness (QED) is 0.721. The van der Waals surface area contributed by atoms with Crippen LogP contribution in [0.2, 0.25) is 0 Å². The number of nitrogen functional groups attached to an aromatic ring is 1. The van der Waals surface area contributed by atoms with E-state index in [9.17, 15) is 4.79 Å². The Bertz CT molecular complexity index is 553. The molecule has 2 saturated carbocycles. The number of carbonyl (C=O) groups is 1. The molecule has 1 aromatic heterocycles. The molecule has 3 nitrogen and oxygen atoms in total. The van der Waals surface area contributed by atoms with Gasteiger partial charge in [0, 0.05) is 18.0 Å². The minimum Gasteiger partial charge on any atom is -0.397 e. The summed E-state index contributed by atoms with van der Waals surface area (Å²) in [6.07, 6.45) is 6.31. The largest absolute Gasteiger partial charge is 0.397 e. The molecule has 2 aliphatic rings. The van der Waals surface area contributed by atoms with E-state index in [0.29, 0.717) is 11.3 Å². The second-order valence-electron chi connectivity index (χ2n) is 7.09. The zero-order valence-electron chi connectivity index (χ0n) is 13.3. The van der Waals surface area contributed by atoms with E-state index in [1.165, 1.54) is 42.7 Å². The predicted molar refractivity (Wildman–Crippen MR) is 90.3 cm³/mol. The average Bonchev–Trinajstić information content (AvgIpc) is 3.36. The van der Waals surface area contributed by atoms with Crippen molar-refractivity contribution in [1.82, 2.24) is 0 Å². The Morgan fingerprint density at radius 1 is 1.43 bits per heavy atom. The van der Waals surface area contributed by atoms with Crippen LogP contribution >= 0.6 is 11.3 Å². The van der Waals surface area contributed by atoms with Crippen molar-refractivity contribution in [2.45, 2.75) is 58.8 Å². The average molecular weight is 306 g/mol. The number of nitrogens with two attached hydrogens (primary N) is 1. The first-order chi connectivity index (χ1) is 9.97. The molecule has 2 fully saturated rings. The highest BCUT2D eigenvalue weighted by Gasteiger charge is 2.41. The van der Waals surface area contributed by atoms with E-state index < -0.39 is 0 Å². The van der Waals surface area contributed by atoms with Gasteiger partial charge < -0.3 is 11.1 Å². The molecule has 0 aliphatic heterocycles. The lowest BCUT2D eigenvalue weighted by Crippen LogP contribution is -2.14. The SMILES string of the molecule is CCC1(CNc2sc(C(=O)C(C)C)c(N)c2C2CC2)CC1. The summed E-state index contributed by atoms with van der Waals surface area (Å²) in [5, 5.41) is 4.80. The first kappa shape index (κ1) is 14.9. The maximum absolute atomic E-state index is 12.3. The van der Waals surface area contributed by atoms with Gasteiger partial charge in [0.2, 0.25) is 0 Å². The van der Waals surface area contributed by atoms with Crippen LogP contribution in [0.5, 0.6) is 0 Å². The first-order valence-corrected chi connectivity index (χ1v) is 8.99. The number of anilines is 2. The maximum Gasteiger partial charge on any atom is 0.177 e. The van der Waals surface area contributed by atoms with Crippen molar-refractivity contribution in [2.75, 3.05) is 17.6 Å². The Morgan fingerprint density at radius 2 is 2.10 bits per heavy atom. The number of nitrogens with one attached hydrogen (secondary N) is 1. The number of carbonyl (C=O) groups excluding carboxylic acids is 1. The van der Waals surface area contributed by atoms with Crippen LogP contribution in [-0.2, 0) is 0 Å². The van der Waals surface area contributed by atoms with Crippen LogP contribution < -0.4 is 11.1 Å². The van der Waals surface area contributed by atoms with E-state index in [0.717, 1.165) is 17.1 Å². The van der Waals surface area contributed by atoms with E-state index >= 15 is 0 Å². The Labute approximate surface area is 131 Å². The minimum atomic E-state index is 0.0104. The fourth-order valence-electron chi connectivity index (χ4n) is 2.91. The Morgan fingerprint density at radius 3 is 2.57 bits per heavy atom. The zero-order valence-corrected chi connectivity index (χ0v) is 14.1. The van der Waals surface area contributed by atoms with E-state index in [1.807, 2.05) is 13.8 Å². The van der Waals surface area contributed by atoms with Crippen molar-refractivity contribution in [3.63, 3.8) is 0 Å². The highest BCUT2D eigenvalue weighted by molar-refractivity contribution is 7.18. The summed E-state index contributed by atoms with van der Waals surface area (Å²) in [5.74, 6) is 0.773. The molecule has 2 aliphatic carbocycles. The van der Waals surface area contributed by atoms with Gasteiger partial charge in [-0.2, -0.15) is 0 Å². The third kappa shape index (κ3) is 2.83. The lowest BCUT2D eigenvalue weighted by atomic mass is 10.0. The van der Waals surface area contributed by atoms with Crippen LogP contribution in [0.1, 0.15) is 74.0 Å². The van der Waals surface area contributed by atoms with Crippen molar-refractivity contribution in [3.05, 3.63) is 10.4 Å². The molecular formula is C17H26N2OS. The molecule has 0 unspecified atom stereocenters. The first-order valence-electron chi connectivity index (χ1n) is 8.17. The summed E-state index contributed by atoms with van der Waals surface area (Å²) in [6.45, 7) is 7.19. The number of rotatable bonds is 7. The van der Waals surface area contributed by atoms with E-state index in [1.54, 1.807) is 11.3 Å². The topological polar surface area (TPSA) is 55.1 Å². The normalized spacial score (nSPS) is 19.8. The van der Waals surface area contributed by atoms with E-state index in [4.69, 9.17) is 5.73 Å². The number of thiophene rings is 1. The fraction of sp³-hybridized carbons (Fsp3) is 0.706. The smallest absolute Gasteiger partial charge is 0.177 e. The molecule has 0 spiro atoms. The van der Waals surface area contributed by atoms with Gasteiger partial charge in [0.1, 0.15) is 0 Å². The highest BCUT2D eigenvalue weighted by Crippen LogP contribution is 2.53. The molecule has 0 saturated heterocycles. The number of ketones is 1. The molecule has 1 aromatic rings. The summed E-state index contributed by atoms with van der Waals surface area (Å²) in [4.78, 5) is 13.1. The maximum atomic E-state index is 12.3. The highest BCUT2D eigenvalue weighted by atomic mass is 32.1. The van der Waals surface area contributed by atoms with Crippen LogP contribution in [0.4, 0.5) is 10.7 Å². The van der Waals surface area contributed by atoms with Crippen LogP contribution in [-0.4, -0.2) is 12.3 Å².